The van der Waals surface area contributed by atoms with Crippen molar-refractivity contribution < 1.29 is 31.1 Å². The molecule has 0 spiro atoms. The van der Waals surface area contributed by atoms with Gasteiger partial charge in [0.15, 0.2) is 5.96 Å². The zero-order valence-corrected chi connectivity index (χ0v) is 22.0. The summed E-state index contributed by atoms with van der Waals surface area (Å²) < 4.78 is 79.1. The summed E-state index contributed by atoms with van der Waals surface area (Å²) >= 11 is 0. The first-order valence-electron chi connectivity index (χ1n) is 11.2. The number of guanidine groups is 1. The van der Waals surface area contributed by atoms with Crippen LogP contribution in [0.3, 0.4) is 0 Å². The second-order valence-corrected chi connectivity index (χ2v) is 8.65. The number of amides is 1. The van der Waals surface area contributed by atoms with E-state index in [0.29, 0.717) is 43.9 Å². The van der Waals surface area contributed by atoms with Crippen molar-refractivity contribution in [2.45, 2.75) is 24.8 Å². The van der Waals surface area contributed by atoms with Gasteiger partial charge in [-0.15, -0.1) is 24.8 Å². The number of hydrogen-bond donors (Lipinski definition) is 2. The summed E-state index contributed by atoms with van der Waals surface area (Å²) in [6.07, 6.45) is -10.1. The molecule has 1 aliphatic rings. The predicted molar refractivity (Wildman–Crippen MR) is 137 cm³/mol. The number of likely N-dealkylation sites (N-methyl/N-ethyl adjacent to an activating group) is 1. The van der Waals surface area contributed by atoms with Crippen molar-refractivity contribution in [3.63, 3.8) is 0 Å². The largest absolute Gasteiger partial charge is 0.416 e. The van der Waals surface area contributed by atoms with Gasteiger partial charge in [0, 0.05) is 39.8 Å². The molecular formula is C24H29Cl2F6N5O. The van der Waals surface area contributed by atoms with Gasteiger partial charge in [-0.25, -0.2) is 0 Å². The van der Waals surface area contributed by atoms with Crippen LogP contribution >= 0.6 is 24.8 Å². The maximum atomic E-state index is 13.5. The molecule has 14 heteroatoms. The zero-order chi connectivity index (χ0) is 26.7. The molecule has 1 atom stereocenters. The second kappa shape index (κ2) is 13.4. The number of carbonyl (C=O) groups is 1. The molecule has 2 aromatic carbocycles. The first-order valence-corrected chi connectivity index (χ1v) is 11.2. The number of piperazine rings is 1. The van der Waals surface area contributed by atoms with Gasteiger partial charge in [-0.05, 0) is 35.7 Å². The van der Waals surface area contributed by atoms with Gasteiger partial charge in [0.1, 0.15) is 6.04 Å². The highest BCUT2D eigenvalue weighted by Crippen LogP contribution is 2.36. The fourth-order valence-corrected chi connectivity index (χ4v) is 4.15. The van der Waals surface area contributed by atoms with Crippen molar-refractivity contribution in [3.05, 3.63) is 70.8 Å². The van der Waals surface area contributed by atoms with Gasteiger partial charge in [-0.1, -0.05) is 30.3 Å². The van der Waals surface area contributed by atoms with Crippen molar-refractivity contribution in [2.75, 3.05) is 39.8 Å². The minimum Gasteiger partial charge on any atom is -0.370 e. The van der Waals surface area contributed by atoms with Gasteiger partial charge in [-0.3, -0.25) is 15.1 Å². The molecule has 1 amide bonds. The fraction of sp³-hybridized carbons (Fsp3) is 0.417. The third-order valence-corrected chi connectivity index (χ3v) is 6.13. The smallest absolute Gasteiger partial charge is 0.370 e. The Morgan fingerprint density at radius 2 is 1.45 bits per heavy atom. The summed E-state index contributed by atoms with van der Waals surface area (Å²) in [6.45, 7) is 1.71. The maximum absolute atomic E-state index is 13.5. The Bertz CT molecular complexity index is 1040. The van der Waals surface area contributed by atoms with Crippen LogP contribution in [0.4, 0.5) is 26.3 Å². The van der Waals surface area contributed by atoms with Crippen LogP contribution in [0.5, 0.6) is 0 Å². The monoisotopic (exact) mass is 587 g/mol. The number of nitrogens with one attached hydrogen (secondary N) is 1. The number of alkyl halides is 6. The number of nitrogens with zero attached hydrogens (tertiary/aromatic N) is 3. The quantitative estimate of drug-likeness (QED) is 0.288. The lowest BCUT2D eigenvalue weighted by Crippen LogP contribution is -2.54. The van der Waals surface area contributed by atoms with E-state index in [1.165, 1.54) is 11.9 Å². The number of benzene rings is 2. The van der Waals surface area contributed by atoms with Gasteiger partial charge in [0.05, 0.1) is 11.1 Å². The molecule has 3 N–H and O–H groups in total. The molecule has 6 nitrogen and oxygen atoms in total. The summed E-state index contributed by atoms with van der Waals surface area (Å²) in [6, 6.07) is 9.70. The van der Waals surface area contributed by atoms with Crippen LogP contribution in [0.1, 0.15) is 28.3 Å². The molecule has 0 aromatic heterocycles. The number of halogens is 8. The van der Waals surface area contributed by atoms with Crippen LogP contribution in [0.15, 0.2) is 48.5 Å². The highest BCUT2D eigenvalue weighted by atomic mass is 35.5. The summed E-state index contributed by atoms with van der Waals surface area (Å²) in [5, 5.41) is 7.59. The van der Waals surface area contributed by atoms with Crippen LogP contribution in [-0.2, 0) is 23.6 Å². The van der Waals surface area contributed by atoms with Gasteiger partial charge in [0.2, 0.25) is 5.91 Å². The normalized spacial score (nSPS) is 15.2. The molecule has 1 heterocycles. The lowest BCUT2D eigenvalue weighted by molar-refractivity contribution is -0.143. The Hall–Kier alpha value is -2.70. The van der Waals surface area contributed by atoms with E-state index in [1.54, 1.807) is 35.2 Å². The fourth-order valence-electron chi connectivity index (χ4n) is 4.15. The highest BCUT2D eigenvalue weighted by Gasteiger charge is 2.37. The van der Waals surface area contributed by atoms with Crippen molar-refractivity contribution in [1.29, 1.82) is 5.41 Å². The van der Waals surface area contributed by atoms with Crippen LogP contribution in [-0.4, -0.2) is 66.3 Å². The average Bonchev–Trinajstić information content (AvgIpc) is 2.82. The van der Waals surface area contributed by atoms with Gasteiger partial charge >= 0.3 is 12.4 Å². The van der Waals surface area contributed by atoms with E-state index in [9.17, 15) is 31.1 Å². The van der Waals surface area contributed by atoms with Crippen LogP contribution < -0.4 is 5.73 Å². The Balaban J connectivity index is 0.00000361. The summed E-state index contributed by atoms with van der Waals surface area (Å²) in [4.78, 5) is 18.4. The Labute approximate surface area is 229 Å². The minimum absolute atomic E-state index is 0. The number of carbonyl (C=O) groups excluding carboxylic acids is 1. The second-order valence-electron chi connectivity index (χ2n) is 8.65. The zero-order valence-electron chi connectivity index (χ0n) is 20.4. The molecule has 1 aliphatic heterocycles. The topological polar surface area (TPSA) is 76.7 Å². The van der Waals surface area contributed by atoms with E-state index < -0.39 is 29.5 Å². The molecule has 0 radical (unpaired) electrons. The highest BCUT2D eigenvalue weighted by molar-refractivity contribution is 5.85. The Morgan fingerprint density at radius 3 is 1.89 bits per heavy atom. The minimum atomic E-state index is -4.93. The van der Waals surface area contributed by atoms with Gasteiger partial charge < -0.3 is 15.5 Å². The molecule has 38 heavy (non-hydrogen) atoms. The molecule has 1 fully saturated rings. The van der Waals surface area contributed by atoms with Gasteiger partial charge in [-0.2, -0.15) is 26.3 Å². The average molecular weight is 588 g/mol. The van der Waals surface area contributed by atoms with Crippen molar-refractivity contribution in [3.8, 4) is 0 Å². The standard InChI is InChI=1S/C24H27F6N5O.2ClH/c1-33(8-7-16-13-18(23(25,26)27)15-19(14-16)24(28,29)30)21(36)20(17-5-3-2-4-6-17)34-9-11-35(12-10-34)22(31)32;;/h2-6,13-15,20H,7-12H2,1H3,(H3,31,32);2*1H. The molecule has 1 unspecified atom stereocenters. The Morgan fingerprint density at radius 1 is 0.947 bits per heavy atom. The molecule has 1 saturated heterocycles. The van der Waals surface area contributed by atoms with E-state index in [2.05, 4.69) is 0 Å². The summed E-state index contributed by atoms with van der Waals surface area (Å²) in [7, 11) is 1.47. The van der Waals surface area contributed by atoms with E-state index in [4.69, 9.17) is 11.1 Å². The SMILES string of the molecule is CN(CCc1cc(C(F)(F)F)cc(C(F)(F)F)c1)C(=O)C(c1ccccc1)N1CCN(C(=N)N)CC1.Cl.Cl. The van der Waals surface area contributed by atoms with E-state index in [1.807, 2.05) is 4.90 Å². The molecule has 3 rings (SSSR count). The summed E-state index contributed by atoms with van der Waals surface area (Å²) in [5.41, 5.74) is 3.34. The first kappa shape index (κ1) is 33.3. The van der Waals surface area contributed by atoms with Crippen molar-refractivity contribution in [2.24, 2.45) is 5.73 Å². The number of nitrogens with two attached hydrogens (primary N) is 1. The first-order chi connectivity index (χ1) is 16.8. The lowest BCUT2D eigenvalue weighted by Gasteiger charge is -2.40. The molecular weight excluding hydrogens is 559 g/mol. The van der Waals surface area contributed by atoms with Crippen molar-refractivity contribution >= 4 is 36.7 Å². The van der Waals surface area contributed by atoms with Crippen LogP contribution in [0, 0.1) is 5.41 Å². The predicted octanol–water partition coefficient (Wildman–Crippen LogP) is 4.82. The molecule has 0 aliphatic carbocycles. The lowest BCUT2D eigenvalue weighted by atomic mass is 10.0. The third kappa shape index (κ3) is 8.40. The van der Waals surface area contributed by atoms with Crippen molar-refractivity contribution in [1.82, 2.24) is 14.7 Å². The summed E-state index contributed by atoms with van der Waals surface area (Å²) in [5.74, 6) is -0.394. The molecule has 212 valence electrons. The van der Waals surface area contributed by atoms with E-state index in [-0.39, 0.29) is 61.3 Å². The molecule has 2 aromatic rings. The van der Waals surface area contributed by atoms with E-state index >= 15 is 0 Å². The van der Waals surface area contributed by atoms with E-state index in [0.717, 1.165) is 0 Å². The van der Waals surface area contributed by atoms with Gasteiger partial charge in [0.25, 0.3) is 0 Å². The molecule has 0 saturated carbocycles. The maximum Gasteiger partial charge on any atom is 0.416 e. The number of hydrogen-bond acceptors (Lipinski definition) is 3. The van der Waals surface area contributed by atoms with Crippen LogP contribution in [0.2, 0.25) is 0 Å². The number of rotatable bonds is 6. The molecule has 0 bridgehead atoms. The van der Waals surface area contributed by atoms with Crippen LogP contribution in [0.25, 0.3) is 0 Å². The Kier molecular flexibility index (Phi) is 11.7. The third-order valence-electron chi connectivity index (χ3n) is 6.13.